The molecule has 124 valence electrons. The van der Waals surface area contributed by atoms with Gasteiger partial charge in [0.25, 0.3) is 0 Å². The fourth-order valence-electron chi connectivity index (χ4n) is 2.72. The number of benzene rings is 2. The van der Waals surface area contributed by atoms with E-state index < -0.39 is 18.1 Å². The number of aliphatic imine (C=N–C) groups is 1. The van der Waals surface area contributed by atoms with E-state index in [0.29, 0.717) is 5.90 Å². The Bertz CT molecular complexity index is 767. The number of ether oxygens (including phenoxy) is 3. The molecule has 0 radical (unpaired) electrons. The van der Waals surface area contributed by atoms with Gasteiger partial charge in [0, 0.05) is 5.56 Å². The molecule has 0 unspecified atom stereocenters. The molecule has 0 aliphatic carbocycles. The van der Waals surface area contributed by atoms with Crippen LogP contribution in [0, 0.1) is 6.92 Å². The molecule has 0 spiro atoms. The molecule has 1 heterocycles. The molecule has 1 aliphatic heterocycles. The van der Waals surface area contributed by atoms with Gasteiger partial charge in [0.1, 0.15) is 5.75 Å². The lowest BCUT2D eigenvalue weighted by Crippen LogP contribution is -2.25. The van der Waals surface area contributed by atoms with Crippen LogP contribution < -0.4 is 4.74 Å². The Labute approximate surface area is 140 Å². The maximum atomic E-state index is 12.2. The fourth-order valence-corrected chi connectivity index (χ4v) is 2.72. The predicted octanol–water partition coefficient (Wildman–Crippen LogP) is 3.06. The van der Waals surface area contributed by atoms with Gasteiger partial charge in [-0.15, -0.1) is 0 Å². The first-order chi connectivity index (χ1) is 11.6. The van der Waals surface area contributed by atoms with E-state index in [1.165, 1.54) is 7.11 Å². The Morgan fingerprint density at radius 2 is 1.79 bits per heavy atom. The number of nitrogens with zero attached hydrogens (tertiary/aromatic N) is 1. The Hall–Kier alpha value is -2.82. The summed E-state index contributed by atoms with van der Waals surface area (Å²) < 4.78 is 16.1. The topological polar surface area (TPSA) is 57.1 Å². The molecule has 5 heteroatoms. The van der Waals surface area contributed by atoms with Crippen LogP contribution in [0.3, 0.4) is 0 Å². The van der Waals surface area contributed by atoms with Crippen molar-refractivity contribution >= 4 is 11.9 Å². The zero-order valence-electron chi connectivity index (χ0n) is 13.9. The van der Waals surface area contributed by atoms with Gasteiger partial charge in [-0.2, -0.15) is 0 Å². The molecule has 0 bridgehead atoms. The van der Waals surface area contributed by atoms with Crippen LogP contribution >= 0.6 is 0 Å². The quantitative estimate of drug-likeness (QED) is 0.811. The average Bonchev–Trinajstić information content (AvgIpc) is 3.06. The lowest BCUT2D eigenvalue weighted by Gasteiger charge is -2.18. The van der Waals surface area contributed by atoms with E-state index in [4.69, 9.17) is 14.2 Å². The van der Waals surface area contributed by atoms with Crippen LogP contribution in [0.2, 0.25) is 0 Å². The van der Waals surface area contributed by atoms with Gasteiger partial charge in [0.2, 0.25) is 5.90 Å². The lowest BCUT2D eigenvalue weighted by atomic mass is 9.98. The summed E-state index contributed by atoms with van der Waals surface area (Å²) in [6.45, 7) is 1.98. The molecule has 0 amide bonds. The Morgan fingerprint density at radius 3 is 2.42 bits per heavy atom. The lowest BCUT2D eigenvalue weighted by molar-refractivity contribution is -0.143. The molecule has 0 N–H and O–H groups in total. The van der Waals surface area contributed by atoms with E-state index in [1.807, 2.05) is 55.5 Å². The smallest absolute Gasteiger partial charge is 0.335 e. The molecule has 2 aromatic carbocycles. The third-order valence-electron chi connectivity index (χ3n) is 4.06. The van der Waals surface area contributed by atoms with E-state index in [2.05, 4.69) is 4.99 Å². The minimum absolute atomic E-state index is 0.410. The minimum atomic E-state index is -0.715. The Balaban J connectivity index is 1.95. The summed E-state index contributed by atoms with van der Waals surface area (Å²) >= 11 is 0. The first kappa shape index (κ1) is 16.1. The highest BCUT2D eigenvalue weighted by Crippen LogP contribution is 2.33. The van der Waals surface area contributed by atoms with Crippen molar-refractivity contribution in [2.45, 2.75) is 19.1 Å². The van der Waals surface area contributed by atoms with Gasteiger partial charge in [-0.1, -0.05) is 24.3 Å². The van der Waals surface area contributed by atoms with Gasteiger partial charge < -0.3 is 14.2 Å². The van der Waals surface area contributed by atoms with Crippen molar-refractivity contribution in [3.05, 3.63) is 65.2 Å². The number of hydrogen-bond donors (Lipinski definition) is 0. The zero-order valence-corrected chi connectivity index (χ0v) is 13.9. The third kappa shape index (κ3) is 2.97. The van der Waals surface area contributed by atoms with Crippen molar-refractivity contribution in [2.24, 2.45) is 4.99 Å². The van der Waals surface area contributed by atoms with Gasteiger partial charge >= 0.3 is 5.97 Å². The molecule has 5 nitrogen and oxygen atoms in total. The molecule has 0 fully saturated rings. The van der Waals surface area contributed by atoms with Crippen molar-refractivity contribution < 1.29 is 19.0 Å². The second kappa shape index (κ2) is 6.74. The second-order valence-electron chi connectivity index (χ2n) is 5.53. The van der Waals surface area contributed by atoms with Crippen LogP contribution in [0.25, 0.3) is 0 Å². The van der Waals surface area contributed by atoms with Crippen LogP contribution in [-0.4, -0.2) is 32.1 Å². The maximum Gasteiger partial charge on any atom is 0.335 e. The highest BCUT2D eigenvalue weighted by molar-refractivity contribution is 5.98. The molecule has 2 atom stereocenters. The highest BCUT2D eigenvalue weighted by Gasteiger charge is 2.39. The standard InChI is InChI=1S/C19H19NO4/c1-12-6-4-5-7-15(12)17-16(19(21)23-3)20-18(24-17)13-8-10-14(22-2)11-9-13/h4-11,16-17H,1-3H3/t16-,17+/m0/s1. The zero-order chi connectivity index (χ0) is 17.1. The summed E-state index contributed by atoms with van der Waals surface area (Å²) in [6.07, 6.45) is -0.490. The molecule has 0 aromatic heterocycles. The Kier molecular flexibility index (Phi) is 4.51. The maximum absolute atomic E-state index is 12.2. The molecule has 0 saturated carbocycles. The highest BCUT2D eigenvalue weighted by atomic mass is 16.5. The second-order valence-corrected chi connectivity index (χ2v) is 5.53. The van der Waals surface area contributed by atoms with Crippen molar-refractivity contribution in [3.8, 4) is 5.75 Å². The monoisotopic (exact) mass is 325 g/mol. The summed E-state index contributed by atoms with van der Waals surface area (Å²) in [5.74, 6) is 0.769. The summed E-state index contributed by atoms with van der Waals surface area (Å²) in [5.41, 5.74) is 2.77. The average molecular weight is 325 g/mol. The first-order valence-corrected chi connectivity index (χ1v) is 7.66. The first-order valence-electron chi connectivity index (χ1n) is 7.66. The molecular formula is C19H19NO4. The molecule has 3 rings (SSSR count). The number of methoxy groups -OCH3 is 2. The van der Waals surface area contributed by atoms with Crippen LogP contribution in [0.15, 0.2) is 53.5 Å². The van der Waals surface area contributed by atoms with Crippen molar-refractivity contribution in [3.63, 3.8) is 0 Å². The normalized spacial score (nSPS) is 19.4. The SMILES string of the molecule is COC(=O)[C@H]1N=C(c2ccc(OC)cc2)O[C@@H]1c1ccccc1C. The van der Waals surface area contributed by atoms with Gasteiger partial charge in [-0.3, -0.25) is 0 Å². The van der Waals surface area contributed by atoms with E-state index >= 15 is 0 Å². The number of rotatable bonds is 4. The largest absolute Gasteiger partial charge is 0.497 e. The van der Waals surface area contributed by atoms with Gasteiger partial charge in [0.05, 0.1) is 14.2 Å². The van der Waals surface area contributed by atoms with Crippen LogP contribution in [-0.2, 0) is 14.3 Å². The molecule has 1 aliphatic rings. The van der Waals surface area contributed by atoms with Crippen LogP contribution in [0.5, 0.6) is 5.75 Å². The molecule has 0 saturated heterocycles. The van der Waals surface area contributed by atoms with Crippen LogP contribution in [0.4, 0.5) is 0 Å². The van der Waals surface area contributed by atoms with E-state index in [9.17, 15) is 4.79 Å². The van der Waals surface area contributed by atoms with Gasteiger partial charge in [-0.25, -0.2) is 9.79 Å². The van der Waals surface area contributed by atoms with Crippen molar-refractivity contribution in [1.29, 1.82) is 0 Å². The van der Waals surface area contributed by atoms with Crippen molar-refractivity contribution in [1.82, 2.24) is 0 Å². The summed E-state index contributed by atoms with van der Waals surface area (Å²) in [4.78, 5) is 16.6. The van der Waals surface area contributed by atoms with Gasteiger partial charge in [-0.05, 0) is 42.3 Å². The number of esters is 1. The van der Waals surface area contributed by atoms with E-state index in [0.717, 1.165) is 22.4 Å². The third-order valence-corrected chi connectivity index (χ3v) is 4.06. The number of carbonyl (C=O) groups excluding carboxylic acids is 1. The number of aryl methyl sites for hydroxylation is 1. The number of hydrogen-bond acceptors (Lipinski definition) is 5. The fraction of sp³-hybridized carbons (Fsp3) is 0.263. The summed E-state index contributed by atoms with van der Waals surface area (Å²) in [5, 5.41) is 0. The van der Waals surface area contributed by atoms with Crippen molar-refractivity contribution in [2.75, 3.05) is 14.2 Å². The molecular weight excluding hydrogens is 306 g/mol. The molecule has 2 aromatic rings. The molecule has 24 heavy (non-hydrogen) atoms. The van der Waals surface area contributed by atoms with E-state index in [-0.39, 0.29) is 0 Å². The Morgan fingerprint density at radius 1 is 1.08 bits per heavy atom. The van der Waals surface area contributed by atoms with Gasteiger partial charge in [0.15, 0.2) is 12.1 Å². The number of carbonyl (C=O) groups is 1. The summed E-state index contributed by atoms with van der Waals surface area (Å²) in [6, 6.07) is 14.5. The summed E-state index contributed by atoms with van der Waals surface area (Å²) in [7, 11) is 2.97. The predicted molar refractivity (Wildman–Crippen MR) is 90.3 cm³/mol. The minimum Gasteiger partial charge on any atom is -0.497 e. The van der Waals surface area contributed by atoms with E-state index in [1.54, 1.807) is 7.11 Å². The van der Waals surface area contributed by atoms with Crippen LogP contribution in [0.1, 0.15) is 22.8 Å².